The van der Waals surface area contributed by atoms with Crippen molar-refractivity contribution in [3.63, 3.8) is 0 Å². The lowest BCUT2D eigenvalue weighted by atomic mass is 10.1. The lowest BCUT2D eigenvalue weighted by Crippen LogP contribution is -2.42. The summed E-state index contributed by atoms with van der Waals surface area (Å²) >= 11 is 1.73. The molecule has 0 fully saturated rings. The second-order valence-corrected chi connectivity index (χ2v) is 6.69. The van der Waals surface area contributed by atoms with Gasteiger partial charge < -0.3 is 19.7 Å². The first-order chi connectivity index (χ1) is 12.1. The minimum absolute atomic E-state index is 0.0212. The molecule has 1 aliphatic heterocycles. The van der Waals surface area contributed by atoms with Gasteiger partial charge in [-0.15, -0.1) is 11.3 Å². The van der Waals surface area contributed by atoms with Crippen molar-refractivity contribution in [1.82, 2.24) is 10.2 Å². The molecular formula is C18H20N2O4S. The standard InChI is InChI=1S/C18H20N2O4S/c1-23-14-4-3-12(9-15(14)24-2)18(22)19-10-17(21)20-7-5-16-13(11-20)6-8-25-16/h3-4,6,8-9H,5,7,10-11H2,1-2H3,(H,19,22). The molecule has 6 nitrogen and oxygen atoms in total. The number of methoxy groups -OCH3 is 2. The number of carbonyl (C=O) groups excluding carboxylic acids is 2. The first-order valence-electron chi connectivity index (χ1n) is 7.95. The fourth-order valence-electron chi connectivity index (χ4n) is 2.81. The van der Waals surface area contributed by atoms with E-state index in [2.05, 4.69) is 16.8 Å². The first kappa shape index (κ1) is 17.3. The van der Waals surface area contributed by atoms with E-state index < -0.39 is 0 Å². The molecule has 2 aromatic rings. The van der Waals surface area contributed by atoms with Gasteiger partial charge in [-0.05, 0) is 41.6 Å². The van der Waals surface area contributed by atoms with E-state index in [0.717, 1.165) is 6.42 Å². The number of carbonyl (C=O) groups is 2. The number of fused-ring (bicyclic) bond motifs is 1. The van der Waals surface area contributed by atoms with E-state index in [0.29, 0.717) is 30.2 Å². The summed E-state index contributed by atoms with van der Waals surface area (Å²) in [6, 6.07) is 6.96. The van der Waals surface area contributed by atoms with Gasteiger partial charge in [0.05, 0.1) is 20.8 Å². The highest BCUT2D eigenvalue weighted by Crippen LogP contribution is 2.27. The second kappa shape index (κ2) is 7.57. The Labute approximate surface area is 150 Å². The molecule has 1 N–H and O–H groups in total. The highest BCUT2D eigenvalue weighted by atomic mass is 32.1. The number of amides is 2. The number of benzene rings is 1. The maximum Gasteiger partial charge on any atom is 0.251 e. The average molecular weight is 360 g/mol. The van der Waals surface area contributed by atoms with Gasteiger partial charge >= 0.3 is 0 Å². The normalized spacial score (nSPS) is 13.1. The Morgan fingerprint density at radius 1 is 1.20 bits per heavy atom. The van der Waals surface area contributed by atoms with Crippen molar-refractivity contribution in [1.29, 1.82) is 0 Å². The average Bonchev–Trinajstić information content (AvgIpc) is 3.12. The molecule has 132 valence electrons. The summed E-state index contributed by atoms with van der Waals surface area (Å²) in [5.41, 5.74) is 1.63. The molecule has 0 unspecified atom stereocenters. The summed E-state index contributed by atoms with van der Waals surface area (Å²) in [6.07, 6.45) is 0.877. The van der Waals surface area contributed by atoms with Crippen molar-refractivity contribution in [3.05, 3.63) is 45.6 Å². The minimum Gasteiger partial charge on any atom is -0.493 e. The van der Waals surface area contributed by atoms with E-state index in [1.165, 1.54) is 24.7 Å². The Morgan fingerprint density at radius 2 is 2.00 bits per heavy atom. The maximum absolute atomic E-state index is 12.4. The Bertz CT molecular complexity index is 787. The number of nitrogens with one attached hydrogen (secondary N) is 1. The van der Waals surface area contributed by atoms with E-state index in [9.17, 15) is 9.59 Å². The highest BCUT2D eigenvalue weighted by Gasteiger charge is 2.22. The van der Waals surface area contributed by atoms with Crippen LogP contribution < -0.4 is 14.8 Å². The van der Waals surface area contributed by atoms with Crippen molar-refractivity contribution in [2.75, 3.05) is 27.3 Å². The molecule has 0 saturated carbocycles. The molecule has 0 bridgehead atoms. The zero-order valence-corrected chi connectivity index (χ0v) is 15.0. The van der Waals surface area contributed by atoms with Crippen LogP contribution >= 0.6 is 11.3 Å². The van der Waals surface area contributed by atoms with Gasteiger partial charge in [0.2, 0.25) is 5.91 Å². The van der Waals surface area contributed by atoms with Gasteiger partial charge in [0, 0.05) is 23.5 Å². The second-order valence-electron chi connectivity index (χ2n) is 5.69. The molecule has 0 radical (unpaired) electrons. The lowest BCUT2D eigenvalue weighted by molar-refractivity contribution is -0.131. The molecule has 2 heterocycles. The van der Waals surface area contributed by atoms with Crippen LogP contribution in [0.25, 0.3) is 0 Å². The van der Waals surface area contributed by atoms with Gasteiger partial charge in [-0.3, -0.25) is 9.59 Å². The minimum atomic E-state index is -0.317. The number of nitrogens with zero attached hydrogens (tertiary/aromatic N) is 1. The molecule has 0 aliphatic carbocycles. The molecular weight excluding hydrogens is 340 g/mol. The van der Waals surface area contributed by atoms with Crippen LogP contribution in [0.1, 0.15) is 20.8 Å². The third kappa shape index (κ3) is 3.76. The molecule has 2 amide bonds. The Morgan fingerprint density at radius 3 is 2.76 bits per heavy atom. The van der Waals surface area contributed by atoms with Gasteiger partial charge in [-0.2, -0.15) is 0 Å². The predicted octanol–water partition coefficient (Wildman–Crippen LogP) is 2.08. The summed E-state index contributed by atoms with van der Waals surface area (Å²) < 4.78 is 10.3. The van der Waals surface area contributed by atoms with Gasteiger partial charge in [0.1, 0.15) is 0 Å². The highest BCUT2D eigenvalue weighted by molar-refractivity contribution is 7.10. The molecule has 25 heavy (non-hydrogen) atoms. The van der Waals surface area contributed by atoms with Crippen LogP contribution in [0.15, 0.2) is 29.6 Å². The van der Waals surface area contributed by atoms with Crippen LogP contribution in [0.3, 0.4) is 0 Å². The van der Waals surface area contributed by atoms with Crippen LogP contribution in [0, 0.1) is 0 Å². The predicted molar refractivity (Wildman–Crippen MR) is 95.3 cm³/mol. The molecule has 0 atom stereocenters. The number of thiophene rings is 1. The zero-order chi connectivity index (χ0) is 17.8. The maximum atomic E-state index is 12.4. The van der Waals surface area contributed by atoms with E-state index in [1.807, 2.05) is 0 Å². The lowest BCUT2D eigenvalue weighted by Gasteiger charge is -2.27. The van der Waals surface area contributed by atoms with E-state index in [4.69, 9.17) is 9.47 Å². The Hall–Kier alpha value is -2.54. The fourth-order valence-corrected chi connectivity index (χ4v) is 3.70. The van der Waals surface area contributed by atoms with Crippen molar-refractivity contribution in [2.45, 2.75) is 13.0 Å². The van der Waals surface area contributed by atoms with Gasteiger partial charge in [-0.25, -0.2) is 0 Å². The molecule has 7 heteroatoms. The largest absolute Gasteiger partial charge is 0.493 e. The monoisotopic (exact) mass is 360 g/mol. The van der Waals surface area contributed by atoms with Crippen LogP contribution in [0.4, 0.5) is 0 Å². The first-order valence-corrected chi connectivity index (χ1v) is 8.83. The van der Waals surface area contributed by atoms with Gasteiger partial charge in [-0.1, -0.05) is 0 Å². The van der Waals surface area contributed by atoms with Crippen LogP contribution in [-0.2, 0) is 17.8 Å². The van der Waals surface area contributed by atoms with E-state index >= 15 is 0 Å². The van der Waals surface area contributed by atoms with E-state index in [-0.39, 0.29) is 18.4 Å². The van der Waals surface area contributed by atoms with Gasteiger partial charge in [0.15, 0.2) is 11.5 Å². The van der Waals surface area contributed by atoms with E-state index in [1.54, 1.807) is 34.4 Å². The van der Waals surface area contributed by atoms with Gasteiger partial charge in [0.25, 0.3) is 5.91 Å². The van der Waals surface area contributed by atoms with Crippen molar-refractivity contribution < 1.29 is 19.1 Å². The molecule has 3 rings (SSSR count). The smallest absolute Gasteiger partial charge is 0.251 e. The molecule has 1 aromatic carbocycles. The topological polar surface area (TPSA) is 67.9 Å². The Balaban J connectivity index is 1.58. The molecule has 0 saturated heterocycles. The third-order valence-corrected chi connectivity index (χ3v) is 5.23. The summed E-state index contributed by atoms with van der Waals surface area (Å²) in [5.74, 6) is 0.630. The van der Waals surface area contributed by atoms with Crippen molar-refractivity contribution in [3.8, 4) is 11.5 Å². The summed E-state index contributed by atoms with van der Waals surface area (Å²) in [5, 5.41) is 4.73. The van der Waals surface area contributed by atoms with Crippen LogP contribution in [-0.4, -0.2) is 44.0 Å². The number of hydrogen-bond acceptors (Lipinski definition) is 5. The molecule has 1 aliphatic rings. The number of rotatable bonds is 5. The molecule has 1 aromatic heterocycles. The summed E-state index contributed by atoms with van der Waals surface area (Å²) in [4.78, 5) is 27.8. The quantitative estimate of drug-likeness (QED) is 0.886. The number of ether oxygens (including phenoxy) is 2. The van der Waals surface area contributed by atoms with Crippen LogP contribution in [0.5, 0.6) is 11.5 Å². The SMILES string of the molecule is COc1ccc(C(=O)NCC(=O)N2CCc3sccc3C2)cc1OC. The Kier molecular flexibility index (Phi) is 5.23. The zero-order valence-electron chi connectivity index (χ0n) is 14.2. The third-order valence-electron chi connectivity index (χ3n) is 4.21. The summed E-state index contributed by atoms with van der Waals surface area (Å²) in [7, 11) is 3.05. The molecule has 0 spiro atoms. The number of hydrogen-bond donors (Lipinski definition) is 1. The van der Waals surface area contributed by atoms with Crippen molar-refractivity contribution in [2.24, 2.45) is 0 Å². The fraction of sp³-hybridized carbons (Fsp3) is 0.333. The van der Waals surface area contributed by atoms with Crippen molar-refractivity contribution >= 4 is 23.2 Å². The summed E-state index contributed by atoms with van der Waals surface area (Å²) in [6.45, 7) is 1.29. The van der Waals surface area contributed by atoms with Crippen LogP contribution in [0.2, 0.25) is 0 Å².